The van der Waals surface area contributed by atoms with Crippen molar-refractivity contribution in [2.75, 3.05) is 26.9 Å². The Labute approximate surface area is 120 Å². The van der Waals surface area contributed by atoms with E-state index in [2.05, 4.69) is 4.98 Å². The maximum Gasteiger partial charge on any atom is 0.328 e. The van der Waals surface area contributed by atoms with Gasteiger partial charge in [0, 0.05) is 31.9 Å². The maximum absolute atomic E-state index is 11.9. The number of hydrogen-bond donors (Lipinski definition) is 3. The lowest BCUT2D eigenvalue weighted by atomic mass is 10.1. The van der Waals surface area contributed by atoms with Gasteiger partial charge >= 0.3 is 5.69 Å². The Morgan fingerprint density at radius 3 is 2.81 bits per heavy atom. The summed E-state index contributed by atoms with van der Waals surface area (Å²) in [5.74, 6) is -0.374. The van der Waals surface area contributed by atoms with Crippen LogP contribution in [0.25, 0.3) is 0 Å². The van der Waals surface area contributed by atoms with Crippen LogP contribution in [0, 0.1) is 5.92 Å². The number of aliphatic hydroxyl groups is 2. The molecule has 21 heavy (non-hydrogen) atoms. The molecule has 1 fully saturated rings. The number of methoxy groups -OCH3 is 1. The summed E-state index contributed by atoms with van der Waals surface area (Å²) in [6.07, 6.45) is 0.253. The number of H-pyrrole nitrogens is 1. The van der Waals surface area contributed by atoms with Gasteiger partial charge in [-0.15, -0.1) is 0 Å². The highest BCUT2D eigenvalue weighted by molar-refractivity contribution is 4.98. The molecule has 0 spiro atoms. The predicted molar refractivity (Wildman–Crippen MR) is 73.2 cm³/mol. The van der Waals surface area contributed by atoms with E-state index in [0.29, 0.717) is 13.0 Å². The fourth-order valence-corrected chi connectivity index (χ4v) is 2.70. The van der Waals surface area contributed by atoms with E-state index in [0.717, 1.165) is 0 Å². The quantitative estimate of drug-likeness (QED) is 0.550. The van der Waals surface area contributed by atoms with Crippen molar-refractivity contribution in [3.05, 3.63) is 33.1 Å². The number of nitrogens with zero attached hydrogens (tertiary/aromatic N) is 1. The van der Waals surface area contributed by atoms with E-state index in [9.17, 15) is 19.8 Å². The van der Waals surface area contributed by atoms with Gasteiger partial charge < -0.3 is 19.7 Å². The molecule has 1 saturated carbocycles. The molecule has 1 heterocycles. The van der Waals surface area contributed by atoms with Crippen LogP contribution in [0.1, 0.15) is 12.5 Å². The summed E-state index contributed by atoms with van der Waals surface area (Å²) in [6.45, 7) is 0.436. The second kappa shape index (κ2) is 6.99. The molecule has 0 radical (unpaired) electrons. The Morgan fingerprint density at radius 1 is 1.43 bits per heavy atom. The molecule has 1 aromatic rings. The van der Waals surface area contributed by atoms with Crippen LogP contribution < -0.4 is 11.2 Å². The Kier molecular flexibility index (Phi) is 5.29. The lowest BCUT2D eigenvalue weighted by molar-refractivity contribution is -0.0644. The zero-order valence-corrected chi connectivity index (χ0v) is 11.8. The van der Waals surface area contributed by atoms with Crippen molar-refractivity contribution in [2.45, 2.75) is 24.7 Å². The molecular formula is C13H20N2O6. The summed E-state index contributed by atoms with van der Waals surface area (Å²) in [4.78, 5) is 25.2. The molecule has 0 saturated heterocycles. The Morgan fingerprint density at radius 2 is 2.19 bits per heavy atom. The van der Waals surface area contributed by atoms with E-state index in [1.54, 1.807) is 0 Å². The first kappa shape index (κ1) is 15.9. The van der Waals surface area contributed by atoms with Gasteiger partial charge in [-0.2, -0.15) is 0 Å². The molecule has 3 N–H and O–H groups in total. The van der Waals surface area contributed by atoms with E-state index < -0.39 is 29.5 Å². The standard InChI is InChI=1S/C13H20N2O6/c1-20-4-5-21-12-9(6-8(7-16)11(12)18)15-3-2-10(17)14-13(15)19/h2-3,8-9,11-12,16,18H,4-7H2,1H3,(H,14,17,19). The van der Waals surface area contributed by atoms with Crippen LogP contribution in [-0.2, 0) is 9.47 Å². The van der Waals surface area contributed by atoms with Crippen molar-refractivity contribution >= 4 is 0 Å². The van der Waals surface area contributed by atoms with Crippen LogP contribution in [0.5, 0.6) is 0 Å². The molecule has 1 aliphatic rings. The average Bonchev–Trinajstić information content (AvgIpc) is 2.76. The number of nitrogens with one attached hydrogen (secondary N) is 1. The van der Waals surface area contributed by atoms with Crippen molar-refractivity contribution in [3.63, 3.8) is 0 Å². The third-order valence-electron chi connectivity index (χ3n) is 3.78. The first-order chi connectivity index (χ1) is 10.1. The summed E-state index contributed by atoms with van der Waals surface area (Å²) < 4.78 is 11.8. The molecule has 0 amide bonds. The van der Waals surface area contributed by atoms with Crippen LogP contribution in [0.15, 0.2) is 21.9 Å². The molecule has 1 aromatic heterocycles. The van der Waals surface area contributed by atoms with Crippen molar-refractivity contribution in [1.29, 1.82) is 0 Å². The second-order valence-corrected chi connectivity index (χ2v) is 5.08. The zero-order chi connectivity index (χ0) is 15.4. The lowest BCUT2D eigenvalue weighted by Gasteiger charge is -2.24. The smallest absolute Gasteiger partial charge is 0.328 e. The Balaban J connectivity index is 2.25. The number of rotatable bonds is 6. The van der Waals surface area contributed by atoms with Crippen molar-refractivity contribution in [3.8, 4) is 0 Å². The number of hydrogen-bond acceptors (Lipinski definition) is 6. The van der Waals surface area contributed by atoms with E-state index >= 15 is 0 Å². The van der Waals surface area contributed by atoms with Gasteiger partial charge in [0.05, 0.1) is 25.4 Å². The number of aromatic amines is 1. The van der Waals surface area contributed by atoms with E-state index in [1.807, 2.05) is 0 Å². The molecule has 1 aliphatic carbocycles. The molecule has 118 valence electrons. The fraction of sp³-hybridized carbons (Fsp3) is 0.692. The van der Waals surface area contributed by atoms with Gasteiger partial charge in [-0.05, 0) is 6.42 Å². The summed E-state index contributed by atoms with van der Waals surface area (Å²) in [7, 11) is 1.54. The third kappa shape index (κ3) is 3.41. The Bertz CT molecular complexity index is 568. The summed E-state index contributed by atoms with van der Waals surface area (Å²) in [5.41, 5.74) is -1.04. The monoisotopic (exact) mass is 300 g/mol. The number of aromatic nitrogens is 2. The highest BCUT2D eigenvalue weighted by atomic mass is 16.5. The van der Waals surface area contributed by atoms with Crippen LogP contribution in [0.2, 0.25) is 0 Å². The molecule has 0 aromatic carbocycles. The summed E-state index contributed by atoms with van der Waals surface area (Å²) in [6, 6.07) is 0.796. The predicted octanol–water partition coefficient (Wildman–Crippen LogP) is -1.52. The van der Waals surface area contributed by atoms with Crippen molar-refractivity contribution in [2.24, 2.45) is 5.92 Å². The number of aliphatic hydroxyl groups excluding tert-OH is 2. The molecule has 2 rings (SSSR count). The minimum atomic E-state index is -0.879. The van der Waals surface area contributed by atoms with E-state index in [1.165, 1.54) is 23.9 Å². The van der Waals surface area contributed by atoms with E-state index in [4.69, 9.17) is 9.47 Å². The SMILES string of the molecule is COCCOC1C(O)C(CO)CC1n1ccc(=O)[nH]c1=O. The highest BCUT2D eigenvalue weighted by Gasteiger charge is 2.44. The van der Waals surface area contributed by atoms with Crippen LogP contribution in [-0.4, -0.2) is 58.9 Å². The van der Waals surface area contributed by atoms with Gasteiger partial charge in [-0.25, -0.2) is 4.79 Å². The first-order valence-corrected chi connectivity index (χ1v) is 6.79. The van der Waals surface area contributed by atoms with Crippen molar-refractivity contribution in [1.82, 2.24) is 9.55 Å². The largest absolute Gasteiger partial charge is 0.396 e. The number of ether oxygens (including phenoxy) is 2. The summed E-state index contributed by atoms with van der Waals surface area (Å²) >= 11 is 0. The third-order valence-corrected chi connectivity index (χ3v) is 3.78. The van der Waals surface area contributed by atoms with Gasteiger partial charge in [0.15, 0.2) is 0 Å². The van der Waals surface area contributed by atoms with Gasteiger partial charge in [0.1, 0.15) is 6.10 Å². The van der Waals surface area contributed by atoms with Crippen molar-refractivity contribution < 1.29 is 19.7 Å². The highest BCUT2D eigenvalue weighted by Crippen LogP contribution is 2.36. The van der Waals surface area contributed by atoms with Crippen LogP contribution >= 0.6 is 0 Å². The molecule has 8 nitrogen and oxygen atoms in total. The van der Waals surface area contributed by atoms with E-state index in [-0.39, 0.29) is 19.1 Å². The van der Waals surface area contributed by atoms with Crippen LogP contribution in [0.3, 0.4) is 0 Å². The Hall–Kier alpha value is -1.48. The lowest BCUT2D eigenvalue weighted by Crippen LogP contribution is -2.39. The normalized spacial score (nSPS) is 28.9. The molecule has 8 heteroatoms. The first-order valence-electron chi connectivity index (χ1n) is 6.79. The van der Waals surface area contributed by atoms with Crippen LogP contribution in [0.4, 0.5) is 0 Å². The molecule has 0 bridgehead atoms. The minimum absolute atomic E-state index is 0.195. The van der Waals surface area contributed by atoms with Gasteiger partial charge in [-0.3, -0.25) is 14.3 Å². The van der Waals surface area contributed by atoms with Gasteiger partial charge in [-0.1, -0.05) is 0 Å². The van der Waals surface area contributed by atoms with Gasteiger partial charge in [0.2, 0.25) is 0 Å². The maximum atomic E-state index is 11.9. The minimum Gasteiger partial charge on any atom is -0.396 e. The summed E-state index contributed by atoms with van der Waals surface area (Å²) in [5, 5.41) is 19.5. The topological polar surface area (TPSA) is 114 Å². The average molecular weight is 300 g/mol. The second-order valence-electron chi connectivity index (χ2n) is 5.08. The van der Waals surface area contributed by atoms with Gasteiger partial charge in [0.25, 0.3) is 5.56 Å². The molecule has 4 unspecified atom stereocenters. The zero-order valence-electron chi connectivity index (χ0n) is 11.8. The fourth-order valence-electron chi connectivity index (χ4n) is 2.70. The molecular weight excluding hydrogens is 280 g/mol. The molecule has 4 atom stereocenters. The molecule has 0 aliphatic heterocycles.